The summed E-state index contributed by atoms with van der Waals surface area (Å²) in [5, 5.41) is 0.327. The van der Waals surface area contributed by atoms with Crippen LogP contribution in [-0.2, 0) is 6.42 Å². The fourth-order valence-electron chi connectivity index (χ4n) is 2.21. The van der Waals surface area contributed by atoms with Gasteiger partial charge in [0.25, 0.3) is 5.56 Å². The molecule has 0 spiro atoms. The van der Waals surface area contributed by atoms with E-state index in [0.717, 1.165) is 23.7 Å². The van der Waals surface area contributed by atoms with Crippen LogP contribution in [0.4, 0.5) is 8.78 Å². The van der Waals surface area contributed by atoms with Crippen LogP contribution in [0.1, 0.15) is 35.0 Å². The molecule has 25 heavy (non-hydrogen) atoms. The summed E-state index contributed by atoms with van der Waals surface area (Å²) in [6, 6.07) is 5.87. The summed E-state index contributed by atoms with van der Waals surface area (Å²) in [6.45, 7) is 0.718. The summed E-state index contributed by atoms with van der Waals surface area (Å²) in [7, 11) is 0. The lowest BCUT2D eigenvalue weighted by atomic mass is 10.1. The molecule has 5 nitrogen and oxygen atoms in total. The summed E-state index contributed by atoms with van der Waals surface area (Å²) in [5.74, 6) is -0.595. The minimum Gasteiger partial charge on any atom is -0.434 e. The van der Waals surface area contributed by atoms with Gasteiger partial charge < -0.3 is 9.72 Å². The Bertz CT molecular complexity index is 809. The number of nitrogens with zero attached hydrogens (tertiary/aromatic N) is 1. The Kier molecular flexibility index (Phi) is 6.69. The Labute approximate surface area is 147 Å². The zero-order chi connectivity index (χ0) is 18.4. The van der Waals surface area contributed by atoms with E-state index in [1.807, 2.05) is 6.92 Å². The number of carbonyl (C=O) groups excluding carboxylic acids is 1. The van der Waals surface area contributed by atoms with Gasteiger partial charge in [0.15, 0.2) is 10.9 Å². The average Bonchev–Trinajstić information content (AvgIpc) is 2.53. The number of hydrogen-bond donors (Lipinski definition) is 1. The van der Waals surface area contributed by atoms with Crippen LogP contribution in [0.3, 0.4) is 0 Å². The number of aryl methyl sites for hydroxylation is 2. The molecule has 1 aromatic heterocycles. The summed E-state index contributed by atoms with van der Waals surface area (Å²) < 4.78 is 29.4. The van der Waals surface area contributed by atoms with Gasteiger partial charge in [0.2, 0.25) is 0 Å². The molecular formula is C17H18F2N2O3S. The molecule has 0 atom stereocenters. The minimum atomic E-state index is -3.01. The molecule has 0 saturated heterocycles. The molecule has 0 radical (unpaired) electrons. The Balaban J connectivity index is 2.15. The van der Waals surface area contributed by atoms with E-state index in [1.54, 1.807) is 13.0 Å². The lowest BCUT2D eigenvalue weighted by Gasteiger charge is -2.10. The van der Waals surface area contributed by atoms with Crippen LogP contribution in [0, 0.1) is 6.92 Å². The molecule has 1 N–H and O–H groups in total. The normalized spacial score (nSPS) is 10.9. The molecule has 0 amide bonds. The van der Waals surface area contributed by atoms with E-state index in [-0.39, 0.29) is 28.4 Å². The first-order chi connectivity index (χ1) is 11.9. The van der Waals surface area contributed by atoms with Gasteiger partial charge in [-0.3, -0.25) is 9.59 Å². The van der Waals surface area contributed by atoms with Crippen LogP contribution in [0.2, 0.25) is 0 Å². The number of nitrogens with one attached hydrogen (secondary N) is 1. The number of aromatic nitrogens is 2. The molecule has 0 saturated carbocycles. The third-order valence-electron chi connectivity index (χ3n) is 3.27. The van der Waals surface area contributed by atoms with Crippen molar-refractivity contribution in [1.82, 2.24) is 9.97 Å². The summed E-state index contributed by atoms with van der Waals surface area (Å²) >= 11 is 1.05. The number of halogens is 2. The zero-order valence-electron chi connectivity index (χ0n) is 13.8. The topological polar surface area (TPSA) is 72.0 Å². The molecule has 0 bridgehead atoms. The molecule has 0 aliphatic heterocycles. The maximum atomic E-state index is 12.5. The molecule has 2 rings (SSSR count). The average molecular weight is 368 g/mol. The van der Waals surface area contributed by atoms with E-state index in [0.29, 0.717) is 17.3 Å². The van der Waals surface area contributed by atoms with E-state index >= 15 is 0 Å². The van der Waals surface area contributed by atoms with E-state index in [4.69, 9.17) is 0 Å². The Morgan fingerprint density at radius 2 is 2.12 bits per heavy atom. The molecule has 1 aromatic carbocycles. The van der Waals surface area contributed by atoms with E-state index in [1.165, 1.54) is 18.2 Å². The number of benzene rings is 1. The summed E-state index contributed by atoms with van der Waals surface area (Å²) in [5.41, 5.74) is 1.20. The van der Waals surface area contributed by atoms with Crippen molar-refractivity contribution in [2.45, 2.75) is 38.5 Å². The number of hydrogen-bond acceptors (Lipinski definition) is 5. The lowest BCUT2D eigenvalue weighted by Crippen LogP contribution is -2.12. The SMILES string of the molecule is CCCc1cc(=O)[nH]c(SCC(=O)c2cc(C)ccc2OC(F)F)n1. The van der Waals surface area contributed by atoms with Crippen molar-refractivity contribution in [1.29, 1.82) is 0 Å². The highest BCUT2D eigenvalue weighted by Gasteiger charge is 2.17. The Morgan fingerprint density at radius 3 is 2.80 bits per heavy atom. The van der Waals surface area contributed by atoms with E-state index in [9.17, 15) is 18.4 Å². The van der Waals surface area contributed by atoms with E-state index in [2.05, 4.69) is 14.7 Å². The van der Waals surface area contributed by atoms with Gasteiger partial charge >= 0.3 is 6.61 Å². The highest BCUT2D eigenvalue weighted by molar-refractivity contribution is 7.99. The molecule has 0 aliphatic rings. The summed E-state index contributed by atoms with van der Waals surface area (Å²) in [4.78, 5) is 30.9. The number of rotatable bonds is 8. The highest BCUT2D eigenvalue weighted by atomic mass is 32.2. The second kappa shape index (κ2) is 8.75. The molecule has 8 heteroatoms. The third-order valence-corrected chi connectivity index (χ3v) is 4.14. The largest absolute Gasteiger partial charge is 0.434 e. The second-order valence-electron chi connectivity index (χ2n) is 5.38. The van der Waals surface area contributed by atoms with Crippen molar-refractivity contribution >= 4 is 17.5 Å². The first kappa shape index (κ1) is 19.1. The van der Waals surface area contributed by atoms with Crippen LogP contribution in [0.5, 0.6) is 5.75 Å². The van der Waals surface area contributed by atoms with E-state index < -0.39 is 6.61 Å². The molecule has 0 unspecified atom stereocenters. The van der Waals surface area contributed by atoms with Gasteiger partial charge in [-0.05, 0) is 25.5 Å². The van der Waals surface area contributed by atoms with Crippen LogP contribution < -0.4 is 10.3 Å². The second-order valence-corrected chi connectivity index (χ2v) is 6.35. The maximum Gasteiger partial charge on any atom is 0.387 e. The minimum absolute atomic E-state index is 0.0540. The number of thioether (sulfide) groups is 1. The number of ketones is 1. The smallest absolute Gasteiger partial charge is 0.387 e. The van der Waals surface area contributed by atoms with Gasteiger partial charge in [0, 0.05) is 11.8 Å². The van der Waals surface area contributed by atoms with Crippen LogP contribution in [0.25, 0.3) is 0 Å². The molecule has 2 aromatic rings. The fourth-order valence-corrected chi connectivity index (χ4v) is 2.99. The van der Waals surface area contributed by atoms with Gasteiger partial charge in [-0.25, -0.2) is 4.98 Å². The summed E-state index contributed by atoms with van der Waals surface area (Å²) in [6.07, 6.45) is 1.51. The van der Waals surface area contributed by atoms with Crippen LogP contribution in [0.15, 0.2) is 34.2 Å². The predicted molar refractivity (Wildman–Crippen MR) is 91.7 cm³/mol. The van der Waals surface area contributed by atoms with Crippen molar-refractivity contribution in [3.63, 3.8) is 0 Å². The maximum absolute atomic E-state index is 12.5. The van der Waals surface area contributed by atoms with Crippen LogP contribution >= 0.6 is 11.8 Å². The third kappa shape index (κ3) is 5.67. The molecular weight excluding hydrogens is 350 g/mol. The van der Waals surface area contributed by atoms with Crippen molar-refractivity contribution in [3.05, 3.63) is 51.4 Å². The monoisotopic (exact) mass is 368 g/mol. The predicted octanol–water partition coefficient (Wildman–Crippen LogP) is 3.61. The first-order valence-electron chi connectivity index (χ1n) is 7.70. The Hall–Kier alpha value is -2.22. The number of aromatic amines is 1. The number of Topliss-reactive ketones (excluding diaryl/α,β-unsaturated/α-hetero) is 1. The van der Waals surface area contributed by atoms with Crippen LogP contribution in [-0.4, -0.2) is 28.1 Å². The Morgan fingerprint density at radius 1 is 1.36 bits per heavy atom. The first-order valence-corrected chi connectivity index (χ1v) is 8.69. The highest BCUT2D eigenvalue weighted by Crippen LogP contribution is 2.25. The van der Waals surface area contributed by atoms with Gasteiger partial charge in [-0.15, -0.1) is 0 Å². The number of alkyl halides is 2. The quantitative estimate of drug-likeness (QED) is 0.438. The standard InChI is InChI=1S/C17H18F2N2O3S/c1-3-4-11-8-15(23)21-17(20-11)25-9-13(22)12-7-10(2)5-6-14(12)24-16(18)19/h5-8,16H,3-4,9H2,1-2H3,(H,20,21,23). The van der Waals surface area contributed by atoms with Gasteiger partial charge in [0.1, 0.15) is 5.75 Å². The molecule has 0 aliphatic carbocycles. The lowest BCUT2D eigenvalue weighted by molar-refractivity contribution is -0.0501. The van der Waals surface area contributed by atoms with Crippen molar-refractivity contribution in [3.8, 4) is 5.75 Å². The molecule has 1 heterocycles. The number of H-pyrrole nitrogens is 1. The molecule has 134 valence electrons. The van der Waals surface area contributed by atoms with Crippen molar-refractivity contribution in [2.24, 2.45) is 0 Å². The van der Waals surface area contributed by atoms with Crippen molar-refractivity contribution < 1.29 is 18.3 Å². The zero-order valence-corrected chi connectivity index (χ0v) is 14.7. The van der Waals surface area contributed by atoms with Gasteiger partial charge in [-0.1, -0.05) is 36.7 Å². The number of ether oxygens (including phenoxy) is 1. The fraction of sp³-hybridized carbons (Fsp3) is 0.353. The van der Waals surface area contributed by atoms with Gasteiger partial charge in [0.05, 0.1) is 11.3 Å². The van der Waals surface area contributed by atoms with Crippen molar-refractivity contribution in [2.75, 3.05) is 5.75 Å². The number of carbonyl (C=O) groups is 1. The van der Waals surface area contributed by atoms with Gasteiger partial charge in [-0.2, -0.15) is 8.78 Å². The molecule has 0 fully saturated rings.